The molecule has 0 unspecified atom stereocenters. The van der Waals surface area contributed by atoms with Gasteiger partial charge in [0.2, 0.25) is 0 Å². The van der Waals surface area contributed by atoms with Crippen LogP contribution in [0.4, 0.5) is 0 Å². The van der Waals surface area contributed by atoms with E-state index in [-0.39, 0.29) is 0 Å². The highest BCUT2D eigenvalue weighted by Crippen LogP contribution is 2.28. The lowest BCUT2D eigenvalue weighted by molar-refractivity contribution is 0.154. The average molecular weight is 412 g/mol. The zero-order valence-corrected chi connectivity index (χ0v) is 18.5. The van der Waals surface area contributed by atoms with Crippen molar-refractivity contribution in [3.05, 3.63) is 70.8 Å². The van der Waals surface area contributed by atoms with Gasteiger partial charge >= 0.3 is 0 Å². The fourth-order valence-corrected chi connectivity index (χ4v) is 3.05. The summed E-state index contributed by atoms with van der Waals surface area (Å²) in [4.78, 5) is 4.59. The Morgan fingerprint density at radius 2 is 1.63 bits per heavy atom. The van der Waals surface area contributed by atoms with Crippen LogP contribution in [0.3, 0.4) is 0 Å². The highest BCUT2D eigenvalue weighted by Gasteiger charge is 2.07. The zero-order valence-electron chi connectivity index (χ0n) is 18.5. The number of aryl methyl sites for hydroxylation is 3. The Balaban J connectivity index is 1.74. The fraction of sp³-hybridized carbons (Fsp3) is 0.400. The molecule has 0 aromatic heterocycles. The monoisotopic (exact) mass is 411 g/mol. The van der Waals surface area contributed by atoms with Gasteiger partial charge in [0, 0.05) is 0 Å². The molecule has 0 aliphatic heterocycles. The Morgan fingerprint density at radius 3 is 2.30 bits per heavy atom. The smallest absolute Gasteiger partial charge is 0.125 e. The summed E-state index contributed by atoms with van der Waals surface area (Å²) in [6.45, 7) is 8.38. The number of allylic oxidation sites excluding steroid dienone is 1. The van der Waals surface area contributed by atoms with E-state index >= 15 is 0 Å². The van der Waals surface area contributed by atoms with E-state index in [1.807, 2.05) is 31.2 Å². The van der Waals surface area contributed by atoms with Crippen molar-refractivity contribution in [3.63, 3.8) is 0 Å². The van der Waals surface area contributed by atoms with Crippen molar-refractivity contribution < 1.29 is 19.0 Å². The quantitative estimate of drug-likeness (QED) is 0.191. The van der Waals surface area contributed by atoms with Gasteiger partial charge in [0.25, 0.3) is 0 Å². The molecular formula is C25H33NO4. The lowest BCUT2D eigenvalue weighted by atomic mass is 10.1. The van der Waals surface area contributed by atoms with Crippen LogP contribution < -0.4 is 9.47 Å². The van der Waals surface area contributed by atoms with Crippen LogP contribution in [0.15, 0.2) is 53.7 Å². The van der Waals surface area contributed by atoms with Crippen LogP contribution in [0.25, 0.3) is 0 Å². The summed E-state index contributed by atoms with van der Waals surface area (Å²) in [6, 6.07) is 12.6. The maximum Gasteiger partial charge on any atom is 0.125 e. The molecule has 0 aliphatic carbocycles. The first kappa shape index (κ1) is 23.5. The normalized spacial score (nSPS) is 11.3. The number of oxime groups is 1. The van der Waals surface area contributed by atoms with Crippen LogP contribution in [0.1, 0.15) is 35.6 Å². The number of hydrogen-bond acceptors (Lipinski definition) is 5. The molecule has 0 amide bonds. The Kier molecular flexibility index (Phi) is 10.5. The fourth-order valence-electron chi connectivity index (χ4n) is 3.05. The van der Waals surface area contributed by atoms with Gasteiger partial charge < -0.3 is 19.0 Å². The Morgan fingerprint density at radius 1 is 0.933 bits per heavy atom. The molecule has 0 saturated carbocycles. The molecule has 0 spiro atoms. The topological polar surface area (TPSA) is 49.3 Å². The first-order valence-electron chi connectivity index (χ1n) is 10.3. The molecule has 0 bridgehead atoms. The molecule has 5 heteroatoms. The standard InChI is InChI=1S/C25H33NO4/c1-5-6-14-29-24-17-20(2)25(21(3)18-24)30-15-7-8-22-9-11-23(12-10-22)19-28-16-13-26-27-4/h5-6,9-13,17-18H,7-8,14-16,19H2,1-4H3/b6-5+,26-13+. The second-order valence-electron chi connectivity index (χ2n) is 7.02. The average Bonchev–Trinajstić information content (AvgIpc) is 2.74. The Bertz CT molecular complexity index is 789. The van der Waals surface area contributed by atoms with Crippen LogP contribution in [-0.4, -0.2) is 33.1 Å². The van der Waals surface area contributed by atoms with Crippen molar-refractivity contribution in [2.45, 2.75) is 40.2 Å². The largest absolute Gasteiger partial charge is 0.493 e. The number of hydrogen-bond donors (Lipinski definition) is 0. The van der Waals surface area contributed by atoms with Gasteiger partial charge in [-0.05, 0) is 68.0 Å². The maximum atomic E-state index is 6.07. The van der Waals surface area contributed by atoms with Crippen LogP contribution in [-0.2, 0) is 22.6 Å². The molecule has 0 aliphatic rings. The van der Waals surface area contributed by atoms with Gasteiger partial charge in [-0.25, -0.2) is 0 Å². The third-order valence-corrected chi connectivity index (χ3v) is 4.54. The number of rotatable bonds is 13. The second kappa shape index (κ2) is 13.4. The highest BCUT2D eigenvalue weighted by molar-refractivity contribution is 5.57. The molecule has 0 heterocycles. The third-order valence-electron chi connectivity index (χ3n) is 4.54. The summed E-state index contributed by atoms with van der Waals surface area (Å²) in [6.07, 6.45) is 7.51. The van der Waals surface area contributed by atoms with E-state index in [9.17, 15) is 0 Å². The molecule has 0 saturated heterocycles. The molecule has 5 nitrogen and oxygen atoms in total. The van der Waals surface area contributed by atoms with E-state index < -0.39 is 0 Å². The predicted octanol–water partition coefficient (Wildman–Crippen LogP) is 5.42. The lowest BCUT2D eigenvalue weighted by Gasteiger charge is -2.14. The van der Waals surface area contributed by atoms with E-state index in [0.717, 1.165) is 41.0 Å². The molecule has 2 aromatic carbocycles. The second-order valence-corrected chi connectivity index (χ2v) is 7.02. The van der Waals surface area contributed by atoms with E-state index in [1.165, 1.54) is 12.7 Å². The van der Waals surface area contributed by atoms with Crippen molar-refractivity contribution in [1.29, 1.82) is 0 Å². The first-order valence-corrected chi connectivity index (χ1v) is 10.3. The van der Waals surface area contributed by atoms with Crippen molar-refractivity contribution in [2.75, 3.05) is 26.9 Å². The van der Waals surface area contributed by atoms with Gasteiger partial charge in [-0.3, -0.25) is 0 Å². The molecule has 0 atom stereocenters. The summed E-state index contributed by atoms with van der Waals surface area (Å²) in [5, 5.41) is 3.64. The number of nitrogens with zero attached hydrogens (tertiary/aromatic N) is 1. The minimum atomic E-state index is 0.439. The Hall–Kier alpha value is -2.79. The van der Waals surface area contributed by atoms with Crippen LogP contribution in [0, 0.1) is 13.8 Å². The molecular weight excluding hydrogens is 378 g/mol. The van der Waals surface area contributed by atoms with Crippen molar-refractivity contribution in [3.8, 4) is 11.5 Å². The summed E-state index contributed by atoms with van der Waals surface area (Å²) >= 11 is 0. The molecule has 162 valence electrons. The summed E-state index contributed by atoms with van der Waals surface area (Å²) in [5.41, 5.74) is 4.64. The zero-order chi connectivity index (χ0) is 21.6. The molecule has 0 fully saturated rings. The highest BCUT2D eigenvalue weighted by atomic mass is 16.6. The van der Waals surface area contributed by atoms with Crippen LogP contribution in [0.2, 0.25) is 0 Å². The molecule has 2 rings (SSSR count). The molecule has 30 heavy (non-hydrogen) atoms. The van der Waals surface area contributed by atoms with Gasteiger partial charge in [-0.15, -0.1) is 0 Å². The maximum absolute atomic E-state index is 6.07. The first-order chi connectivity index (χ1) is 14.6. The van der Waals surface area contributed by atoms with E-state index in [1.54, 1.807) is 6.21 Å². The SMILES string of the molecule is C/C=C/COc1cc(C)c(OCCCc2ccc(COC/C=N/OC)cc2)c(C)c1. The van der Waals surface area contributed by atoms with E-state index in [2.05, 4.69) is 48.1 Å². The number of benzene rings is 2. The minimum Gasteiger partial charge on any atom is -0.493 e. The number of ether oxygens (including phenoxy) is 3. The lowest BCUT2D eigenvalue weighted by Crippen LogP contribution is -2.03. The van der Waals surface area contributed by atoms with E-state index in [0.29, 0.717) is 26.4 Å². The van der Waals surface area contributed by atoms with Gasteiger partial charge in [0.05, 0.1) is 26.0 Å². The van der Waals surface area contributed by atoms with Crippen LogP contribution in [0.5, 0.6) is 11.5 Å². The summed E-state index contributed by atoms with van der Waals surface area (Å²) in [5.74, 6) is 1.84. The van der Waals surface area contributed by atoms with Crippen molar-refractivity contribution in [1.82, 2.24) is 0 Å². The van der Waals surface area contributed by atoms with Crippen molar-refractivity contribution >= 4 is 6.21 Å². The van der Waals surface area contributed by atoms with E-state index in [4.69, 9.17) is 14.2 Å². The van der Waals surface area contributed by atoms with Gasteiger partial charge in [-0.2, -0.15) is 0 Å². The molecule has 0 radical (unpaired) electrons. The van der Waals surface area contributed by atoms with Gasteiger partial charge in [0.1, 0.15) is 25.2 Å². The van der Waals surface area contributed by atoms with Crippen molar-refractivity contribution in [2.24, 2.45) is 5.16 Å². The minimum absolute atomic E-state index is 0.439. The molecule has 2 aromatic rings. The molecule has 0 N–H and O–H groups in total. The van der Waals surface area contributed by atoms with Crippen LogP contribution >= 0.6 is 0 Å². The van der Waals surface area contributed by atoms with Gasteiger partial charge in [0.15, 0.2) is 0 Å². The third kappa shape index (κ3) is 8.29. The van der Waals surface area contributed by atoms with Gasteiger partial charge in [-0.1, -0.05) is 41.6 Å². The predicted molar refractivity (Wildman–Crippen MR) is 122 cm³/mol. The summed E-state index contributed by atoms with van der Waals surface area (Å²) in [7, 11) is 1.51. The Labute approximate surface area is 180 Å². The summed E-state index contributed by atoms with van der Waals surface area (Å²) < 4.78 is 17.3.